The molecule has 0 unspecified atom stereocenters. The lowest BCUT2D eigenvalue weighted by Gasteiger charge is -2.21. The Kier molecular flexibility index (Phi) is 10.8. The van der Waals surface area contributed by atoms with E-state index >= 15 is 0 Å². The van der Waals surface area contributed by atoms with Crippen molar-refractivity contribution in [3.05, 3.63) is 76.5 Å². The van der Waals surface area contributed by atoms with Gasteiger partial charge in [-0.25, -0.2) is 9.78 Å². The molecule has 0 saturated carbocycles. The molecule has 0 spiro atoms. The number of carbonyl (C=O) groups is 3. The lowest BCUT2D eigenvalue weighted by Crippen LogP contribution is -2.40. The summed E-state index contributed by atoms with van der Waals surface area (Å²) in [6, 6.07) is 11.2. The zero-order chi connectivity index (χ0) is 32.8. The van der Waals surface area contributed by atoms with Crippen LogP contribution in [-0.4, -0.2) is 68.1 Å². The second kappa shape index (κ2) is 14.1. The number of nitrogens with zero attached hydrogens (tertiary/aromatic N) is 1. The van der Waals surface area contributed by atoms with E-state index in [9.17, 15) is 27.9 Å². The Labute approximate surface area is 255 Å². The lowest BCUT2D eigenvalue weighted by molar-refractivity contribution is 0.0697. The molecule has 1 aromatic heterocycles. The highest BCUT2D eigenvalue weighted by Crippen LogP contribution is 2.31. The standard InChI is InChI=1S/C30H35N5O8S/c1-16(2)12-20(15-43-44(5,40)41)34-28(36)22-14-24(30(38)39)23(13-17(22)3)21-10-11-25(42-4)35-26(21)29(37)33-19-8-6-18(7-9-19)27(31)32/h6-11,13-14,16,20H,12,15H2,1-5H3,(H3,31,32)(H,33,37)(H,34,36)(H,38,39)/t20-/m0/s1. The Bertz CT molecular complexity index is 1690. The normalized spacial score (nSPS) is 12.0. The van der Waals surface area contributed by atoms with E-state index in [0.29, 0.717) is 23.2 Å². The summed E-state index contributed by atoms with van der Waals surface area (Å²) >= 11 is 0. The van der Waals surface area contributed by atoms with E-state index in [1.165, 1.54) is 31.4 Å². The second-order valence-electron chi connectivity index (χ2n) is 10.5. The van der Waals surface area contributed by atoms with Gasteiger partial charge in [0.2, 0.25) is 5.88 Å². The van der Waals surface area contributed by atoms with Gasteiger partial charge >= 0.3 is 5.97 Å². The van der Waals surface area contributed by atoms with Crippen LogP contribution < -0.4 is 21.1 Å². The molecule has 0 aliphatic carbocycles. The van der Waals surface area contributed by atoms with Crippen molar-refractivity contribution in [3.8, 4) is 17.0 Å². The maximum absolute atomic E-state index is 13.4. The third-order valence-corrected chi connectivity index (χ3v) is 7.02. The van der Waals surface area contributed by atoms with Gasteiger partial charge in [-0.3, -0.25) is 19.2 Å². The number of aryl methyl sites for hydroxylation is 1. The monoisotopic (exact) mass is 625 g/mol. The predicted molar refractivity (Wildman–Crippen MR) is 165 cm³/mol. The minimum Gasteiger partial charge on any atom is -0.481 e. The lowest BCUT2D eigenvalue weighted by atomic mass is 9.92. The SMILES string of the molecule is COc1ccc(-c2cc(C)c(C(=O)N[C@H](COS(C)(=O)=O)CC(C)C)cc2C(=O)O)c(C(=O)Nc2ccc(C(=N)N)cc2)n1. The fourth-order valence-corrected chi connectivity index (χ4v) is 4.84. The average molecular weight is 626 g/mol. The van der Waals surface area contributed by atoms with E-state index in [1.807, 2.05) is 13.8 Å². The van der Waals surface area contributed by atoms with Crippen LogP contribution in [0.2, 0.25) is 0 Å². The first kappa shape index (κ1) is 33.7. The van der Waals surface area contributed by atoms with Crippen LogP contribution in [0.1, 0.15) is 62.6 Å². The van der Waals surface area contributed by atoms with E-state index in [2.05, 4.69) is 15.6 Å². The first-order valence-corrected chi connectivity index (χ1v) is 15.3. The quantitative estimate of drug-likeness (QED) is 0.106. The van der Waals surface area contributed by atoms with Crippen molar-refractivity contribution in [1.29, 1.82) is 5.41 Å². The van der Waals surface area contributed by atoms with E-state index < -0.39 is 33.9 Å². The van der Waals surface area contributed by atoms with Gasteiger partial charge in [-0.1, -0.05) is 13.8 Å². The summed E-state index contributed by atoms with van der Waals surface area (Å²) in [4.78, 5) is 43.5. The average Bonchev–Trinajstić information content (AvgIpc) is 2.94. The van der Waals surface area contributed by atoms with Gasteiger partial charge < -0.3 is 26.2 Å². The fraction of sp³-hybridized carbons (Fsp3) is 0.300. The van der Waals surface area contributed by atoms with Crippen LogP contribution in [0.3, 0.4) is 0 Å². The molecule has 6 N–H and O–H groups in total. The van der Waals surface area contributed by atoms with Crippen molar-refractivity contribution < 1.29 is 36.8 Å². The van der Waals surface area contributed by atoms with Crippen LogP contribution in [-0.2, 0) is 14.3 Å². The molecule has 2 aromatic carbocycles. The molecule has 1 heterocycles. The minimum absolute atomic E-state index is 0.0531. The zero-order valence-corrected chi connectivity index (χ0v) is 25.7. The van der Waals surface area contributed by atoms with Crippen LogP contribution in [0.4, 0.5) is 5.69 Å². The maximum atomic E-state index is 13.4. The number of aromatic carboxylic acids is 1. The van der Waals surface area contributed by atoms with Crippen molar-refractivity contribution in [1.82, 2.24) is 10.3 Å². The smallest absolute Gasteiger partial charge is 0.336 e. The molecule has 0 bridgehead atoms. The molecule has 3 rings (SSSR count). The zero-order valence-electron chi connectivity index (χ0n) is 24.9. The highest BCUT2D eigenvalue weighted by Gasteiger charge is 2.25. The molecule has 0 radical (unpaired) electrons. The van der Waals surface area contributed by atoms with E-state index in [0.717, 1.165) is 6.26 Å². The number of amidine groups is 1. The van der Waals surface area contributed by atoms with Crippen LogP contribution >= 0.6 is 0 Å². The molecule has 2 amide bonds. The Balaban J connectivity index is 2.03. The Morgan fingerprint density at radius 1 is 1.02 bits per heavy atom. The minimum atomic E-state index is -3.75. The number of hydrogen-bond donors (Lipinski definition) is 5. The molecule has 0 fully saturated rings. The molecule has 234 valence electrons. The number of carboxylic acids is 1. The fourth-order valence-electron chi connectivity index (χ4n) is 4.43. The number of rotatable bonds is 13. The molecule has 0 saturated heterocycles. The third kappa shape index (κ3) is 8.84. The summed E-state index contributed by atoms with van der Waals surface area (Å²) in [5.41, 5.74) is 6.72. The topological polar surface area (TPSA) is 211 Å². The number of nitrogen functional groups attached to an aromatic ring is 1. The number of nitrogens with two attached hydrogens (primary N) is 1. The summed E-state index contributed by atoms with van der Waals surface area (Å²) in [6.07, 6.45) is 1.33. The molecule has 3 aromatic rings. The number of pyridine rings is 1. The number of amides is 2. The van der Waals surface area contributed by atoms with Crippen molar-refractivity contribution in [2.45, 2.75) is 33.2 Å². The predicted octanol–water partition coefficient (Wildman–Crippen LogP) is 3.42. The summed E-state index contributed by atoms with van der Waals surface area (Å²) in [7, 11) is -2.38. The maximum Gasteiger partial charge on any atom is 0.336 e. The highest BCUT2D eigenvalue weighted by molar-refractivity contribution is 7.85. The molecule has 1 atom stereocenters. The summed E-state index contributed by atoms with van der Waals surface area (Å²) in [5.74, 6) is -2.54. The number of ether oxygens (including phenoxy) is 1. The first-order valence-electron chi connectivity index (χ1n) is 13.4. The van der Waals surface area contributed by atoms with Crippen molar-refractivity contribution in [3.63, 3.8) is 0 Å². The van der Waals surface area contributed by atoms with E-state index in [4.69, 9.17) is 20.1 Å². The van der Waals surface area contributed by atoms with Gasteiger partial charge in [0, 0.05) is 28.4 Å². The Hall–Kier alpha value is -4.82. The molecule has 13 nitrogen and oxygen atoms in total. The number of carboxylic acid groups (broad SMARTS) is 1. The van der Waals surface area contributed by atoms with Crippen molar-refractivity contribution >= 4 is 39.4 Å². The van der Waals surface area contributed by atoms with Crippen LogP contribution in [0.25, 0.3) is 11.1 Å². The number of aromatic nitrogens is 1. The molecule has 44 heavy (non-hydrogen) atoms. The largest absolute Gasteiger partial charge is 0.481 e. The van der Waals surface area contributed by atoms with Gasteiger partial charge in [-0.2, -0.15) is 8.42 Å². The molecule has 14 heteroatoms. The molecule has 0 aliphatic rings. The van der Waals surface area contributed by atoms with Crippen LogP contribution in [0, 0.1) is 18.3 Å². The van der Waals surface area contributed by atoms with E-state index in [1.54, 1.807) is 31.2 Å². The number of hydrogen-bond acceptors (Lipinski definition) is 9. The second-order valence-corrected chi connectivity index (χ2v) is 12.1. The van der Waals surface area contributed by atoms with Gasteiger partial charge in [0.15, 0.2) is 0 Å². The molecular formula is C30H35N5O8S. The number of methoxy groups -OCH3 is 1. The van der Waals surface area contributed by atoms with Gasteiger partial charge in [-0.15, -0.1) is 0 Å². The Morgan fingerprint density at radius 3 is 2.23 bits per heavy atom. The van der Waals surface area contributed by atoms with E-state index in [-0.39, 0.29) is 52.2 Å². The summed E-state index contributed by atoms with van der Waals surface area (Å²) in [6.45, 7) is 5.14. The number of carbonyl (C=O) groups excluding carboxylic acids is 2. The highest BCUT2D eigenvalue weighted by atomic mass is 32.2. The third-order valence-electron chi connectivity index (χ3n) is 6.45. The molecular weight excluding hydrogens is 590 g/mol. The first-order chi connectivity index (χ1) is 20.6. The van der Waals surface area contributed by atoms with Crippen LogP contribution in [0.5, 0.6) is 5.88 Å². The van der Waals surface area contributed by atoms with Crippen molar-refractivity contribution in [2.75, 3.05) is 25.3 Å². The summed E-state index contributed by atoms with van der Waals surface area (Å²) in [5, 5.41) is 23.1. The van der Waals surface area contributed by atoms with Gasteiger partial charge in [0.1, 0.15) is 11.5 Å². The number of benzene rings is 2. The summed E-state index contributed by atoms with van der Waals surface area (Å²) < 4.78 is 33.2. The van der Waals surface area contributed by atoms with Gasteiger partial charge in [-0.05, 0) is 72.9 Å². The number of nitrogens with one attached hydrogen (secondary N) is 3. The molecule has 0 aliphatic heterocycles. The van der Waals surface area contributed by atoms with Gasteiger partial charge in [0.25, 0.3) is 21.9 Å². The Morgan fingerprint density at radius 2 is 1.68 bits per heavy atom. The van der Waals surface area contributed by atoms with Crippen LogP contribution in [0.15, 0.2) is 48.5 Å². The van der Waals surface area contributed by atoms with Crippen molar-refractivity contribution in [2.24, 2.45) is 11.7 Å². The van der Waals surface area contributed by atoms with Gasteiger partial charge in [0.05, 0.1) is 31.6 Å². The number of anilines is 1.